The highest BCUT2D eigenvalue weighted by Crippen LogP contribution is 2.16. The number of benzene rings is 1. The summed E-state index contributed by atoms with van der Waals surface area (Å²) >= 11 is 0. The molecule has 1 aromatic carbocycles. The normalized spacial score (nSPS) is 11.5. The molecule has 0 unspecified atom stereocenters. The first-order valence-electron chi connectivity index (χ1n) is 7.76. The Labute approximate surface area is 142 Å². The molecule has 134 valence electrons. The van der Waals surface area contributed by atoms with Crippen molar-refractivity contribution in [3.05, 3.63) is 42.2 Å². The molecule has 0 aromatic heterocycles. The van der Waals surface area contributed by atoms with Crippen LogP contribution in [0.25, 0.3) is 0 Å². The van der Waals surface area contributed by atoms with Gasteiger partial charge in [-0.3, -0.25) is 4.79 Å². The second kappa shape index (κ2) is 9.51. The molecule has 1 rings (SSSR count). The summed E-state index contributed by atoms with van der Waals surface area (Å²) < 4.78 is 40.1. The summed E-state index contributed by atoms with van der Waals surface area (Å²) in [7, 11) is -4.04. The zero-order valence-electron chi connectivity index (χ0n) is 14.0. The Morgan fingerprint density at radius 3 is 2.58 bits per heavy atom. The molecule has 0 aliphatic rings. The van der Waals surface area contributed by atoms with E-state index in [4.69, 9.17) is 0 Å². The number of halogens is 1. The predicted octanol–water partition coefficient (Wildman–Crippen LogP) is 1.36. The quantitative estimate of drug-likeness (QED) is 0.620. The lowest BCUT2D eigenvalue weighted by Crippen LogP contribution is -2.35. The van der Waals surface area contributed by atoms with E-state index in [1.807, 2.05) is 13.8 Å². The van der Waals surface area contributed by atoms with Crippen molar-refractivity contribution in [2.24, 2.45) is 0 Å². The summed E-state index contributed by atoms with van der Waals surface area (Å²) in [5.74, 6) is -1.35. The van der Waals surface area contributed by atoms with Gasteiger partial charge in [0.2, 0.25) is 10.0 Å². The molecule has 0 fully saturated rings. The third kappa shape index (κ3) is 5.70. The number of amides is 1. The van der Waals surface area contributed by atoms with Crippen LogP contribution in [-0.2, 0) is 10.0 Å². The number of carbonyl (C=O) groups is 1. The van der Waals surface area contributed by atoms with E-state index in [1.165, 1.54) is 12.1 Å². The van der Waals surface area contributed by atoms with E-state index >= 15 is 0 Å². The topological polar surface area (TPSA) is 78.5 Å². The van der Waals surface area contributed by atoms with Gasteiger partial charge in [-0.1, -0.05) is 19.9 Å². The van der Waals surface area contributed by atoms with Crippen LogP contribution in [0.2, 0.25) is 0 Å². The summed E-state index contributed by atoms with van der Waals surface area (Å²) in [6, 6.07) is 3.27. The van der Waals surface area contributed by atoms with Crippen molar-refractivity contribution in [1.82, 2.24) is 14.9 Å². The van der Waals surface area contributed by atoms with E-state index in [0.717, 1.165) is 25.2 Å². The molecular weight excluding hydrogens is 333 g/mol. The number of hydrogen-bond acceptors (Lipinski definition) is 4. The molecule has 0 atom stereocenters. The maximum absolute atomic E-state index is 13.8. The van der Waals surface area contributed by atoms with Crippen molar-refractivity contribution in [3.63, 3.8) is 0 Å². The van der Waals surface area contributed by atoms with Crippen molar-refractivity contribution >= 4 is 15.9 Å². The van der Waals surface area contributed by atoms with Gasteiger partial charge in [0, 0.05) is 25.2 Å². The third-order valence-corrected chi connectivity index (χ3v) is 4.95. The lowest BCUT2D eigenvalue weighted by Gasteiger charge is -2.18. The van der Waals surface area contributed by atoms with Crippen LogP contribution >= 0.6 is 0 Å². The van der Waals surface area contributed by atoms with E-state index in [1.54, 1.807) is 0 Å². The van der Waals surface area contributed by atoms with Crippen molar-refractivity contribution in [1.29, 1.82) is 0 Å². The van der Waals surface area contributed by atoms with Gasteiger partial charge in [-0.2, -0.15) is 0 Å². The van der Waals surface area contributed by atoms with Gasteiger partial charge in [-0.25, -0.2) is 17.5 Å². The Morgan fingerprint density at radius 2 is 2.00 bits per heavy atom. The van der Waals surface area contributed by atoms with Crippen molar-refractivity contribution < 1.29 is 17.6 Å². The monoisotopic (exact) mass is 357 g/mol. The minimum absolute atomic E-state index is 0.0257. The molecule has 1 amide bonds. The van der Waals surface area contributed by atoms with Crippen LogP contribution in [0, 0.1) is 5.82 Å². The molecule has 0 aliphatic heterocycles. The zero-order chi connectivity index (χ0) is 18.2. The standard InChI is InChI=1S/C16H24FN3O3S/c1-4-9-19-24(22,23)15-12-13(7-8-14(15)17)16(21)18-10-11-20(5-2)6-3/h4,7-8,12,19H,1,5-6,9-11H2,2-3H3,(H,18,21). The molecule has 0 bridgehead atoms. The van der Waals surface area contributed by atoms with Gasteiger partial charge in [0.25, 0.3) is 5.91 Å². The summed E-state index contributed by atoms with van der Waals surface area (Å²) in [6.45, 7) is 10.3. The fourth-order valence-electron chi connectivity index (χ4n) is 2.07. The van der Waals surface area contributed by atoms with Gasteiger partial charge < -0.3 is 10.2 Å². The smallest absolute Gasteiger partial charge is 0.251 e. The fraction of sp³-hybridized carbons (Fsp3) is 0.438. The van der Waals surface area contributed by atoms with Crippen LogP contribution < -0.4 is 10.0 Å². The van der Waals surface area contributed by atoms with Crippen LogP contribution in [0.5, 0.6) is 0 Å². The second-order valence-electron chi connectivity index (χ2n) is 5.07. The number of likely N-dealkylation sites (N-methyl/N-ethyl adjacent to an activating group) is 1. The first-order chi connectivity index (χ1) is 11.4. The lowest BCUT2D eigenvalue weighted by molar-refractivity contribution is 0.0948. The van der Waals surface area contributed by atoms with E-state index in [-0.39, 0.29) is 12.1 Å². The van der Waals surface area contributed by atoms with Crippen molar-refractivity contribution in [2.75, 3.05) is 32.7 Å². The Kier molecular flexibility index (Phi) is 8.03. The van der Waals surface area contributed by atoms with Crippen LogP contribution in [0.1, 0.15) is 24.2 Å². The number of rotatable bonds is 10. The van der Waals surface area contributed by atoms with E-state index in [2.05, 4.69) is 21.5 Å². The average Bonchev–Trinajstić information content (AvgIpc) is 2.57. The minimum Gasteiger partial charge on any atom is -0.351 e. The van der Waals surface area contributed by atoms with Gasteiger partial charge in [0.15, 0.2) is 0 Å². The fourth-order valence-corrected chi connectivity index (χ4v) is 3.17. The van der Waals surface area contributed by atoms with Gasteiger partial charge in [-0.05, 0) is 31.3 Å². The molecule has 0 heterocycles. The van der Waals surface area contributed by atoms with Gasteiger partial charge >= 0.3 is 0 Å². The minimum atomic E-state index is -4.04. The summed E-state index contributed by atoms with van der Waals surface area (Å²) in [4.78, 5) is 13.7. The number of sulfonamides is 1. The molecule has 0 radical (unpaired) electrons. The summed E-state index contributed by atoms with van der Waals surface area (Å²) in [6.07, 6.45) is 1.35. The molecule has 0 saturated carbocycles. The molecule has 1 aromatic rings. The van der Waals surface area contributed by atoms with E-state index in [9.17, 15) is 17.6 Å². The first kappa shape index (κ1) is 20.3. The number of nitrogens with one attached hydrogen (secondary N) is 2. The second-order valence-corrected chi connectivity index (χ2v) is 6.80. The van der Waals surface area contributed by atoms with Crippen molar-refractivity contribution in [3.8, 4) is 0 Å². The van der Waals surface area contributed by atoms with Crippen LogP contribution in [-0.4, -0.2) is 51.9 Å². The van der Waals surface area contributed by atoms with Gasteiger partial charge in [0.05, 0.1) is 0 Å². The number of nitrogens with zero attached hydrogens (tertiary/aromatic N) is 1. The molecule has 0 saturated heterocycles. The highest BCUT2D eigenvalue weighted by molar-refractivity contribution is 7.89. The average molecular weight is 357 g/mol. The highest BCUT2D eigenvalue weighted by Gasteiger charge is 2.20. The van der Waals surface area contributed by atoms with Crippen LogP contribution in [0.4, 0.5) is 4.39 Å². The Balaban J connectivity index is 2.85. The predicted molar refractivity (Wildman–Crippen MR) is 91.9 cm³/mol. The lowest BCUT2D eigenvalue weighted by atomic mass is 10.2. The molecule has 0 aliphatic carbocycles. The number of carbonyl (C=O) groups excluding carboxylic acids is 1. The summed E-state index contributed by atoms with van der Waals surface area (Å²) in [5, 5.41) is 2.70. The largest absolute Gasteiger partial charge is 0.351 e. The van der Waals surface area contributed by atoms with Crippen LogP contribution in [0.3, 0.4) is 0 Å². The highest BCUT2D eigenvalue weighted by atomic mass is 32.2. The van der Waals surface area contributed by atoms with E-state index in [0.29, 0.717) is 13.1 Å². The molecular formula is C16H24FN3O3S. The van der Waals surface area contributed by atoms with E-state index < -0.39 is 26.6 Å². The molecule has 6 nitrogen and oxygen atoms in total. The molecule has 24 heavy (non-hydrogen) atoms. The Morgan fingerprint density at radius 1 is 1.33 bits per heavy atom. The maximum Gasteiger partial charge on any atom is 0.251 e. The first-order valence-corrected chi connectivity index (χ1v) is 9.24. The van der Waals surface area contributed by atoms with Crippen LogP contribution in [0.15, 0.2) is 35.7 Å². The molecule has 0 spiro atoms. The van der Waals surface area contributed by atoms with Crippen molar-refractivity contribution in [2.45, 2.75) is 18.7 Å². The SMILES string of the molecule is C=CCNS(=O)(=O)c1cc(C(=O)NCCN(CC)CC)ccc1F. The Bertz CT molecular complexity index is 673. The van der Waals surface area contributed by atoms with Gasteiger partial charge in [-0.15, -0.1) is 6.58 Å². The van der Waals surface area contributed by atoms with Gasteiger partial charge in [0.1, 0.15) is 10.7 Å². The Hall–Kier alpha value is -1.77. The molecule has 8 heteroatoms. The third-order valence-electron chi connectivity index (χ3n) is 3.51. The summed E-state index contributed by atoms with van der Waals surface area (Å²) in [5.41, 5.74) is 0.0925. The zero-order valence-corrected chi connectivity index (χ0v) is 14.8. The molecule has 2 N–H and O–H groups in total. The number of hydrogen-bond donors (Lipinski definition) is 2. The maximum atomic E-state index is 13.8.